The average molecular weight is 403 g/mol. The lowest BCUT2D eigenvalue weighted by molar-refractivity contribution is -0.161. The minimum Gasteiger partial charge on any atom is -0.545 e. The highest BCUT2D eigenvalue weighted by Gasteiger charge is 2.44. The molecule has 0 saturated carbocycles. The molecule has 0 aromatic heterocycles. The normalized spacial score (nSPS) is 21.2. The first-order valence-electron chi connectivity index (χ1n) is 9.31. The second kappa shape index (κ2) is 9.08. The molecule has 0 heterocycles. The average Bonchev–Trinajstić information content (AvgIpc) is 2.46. The lowest BCUT2D eigenvalue weighted by atomic mass is 9.81. The van der Waals surface area contributed by atoms with Crippen LogP contribution in [0.5, 0.6) is 0 Å². The number of carbonyl (C=O) groups is 2. The van der Waals surface area contributed by atoms with Gasteiger partial charge in [0.2, 0.25) is 16.6 Å². The van der Waals surface area contributed by atoms with E-state index in [-0.39, 0.29) is 25.2 Å². The molecule has 0 fully saturated rings. The van der Waals surface area contributed by atoms with Crippen molar-refractivity contribution in [3.05, 3.63) is 11.5 Å². The van der Waals surface area contributed by atoms with Gasteiger partial charge in [0.1, 0.15) is 11.5 Å². The van der Waals surface area contributed by atoms with Gasteiger partial charge < -0.3 is 18.3 Å². The topological polar surface area (TPSA) is 71.1 Å². The van der Waals surface area contributed by atoms with E-state index in [4.69, 9.17) is 18.3 Å². The summed E-state index contributed by atoms with van der Waals surface area (Å²) >= 11 is 0. The van der Waals surface area contributed by atoms with Gasteiger partial charge in [-0.1, -0.05) is 0 Å². The number of ether oxygens (including phenoxy) is 2. The SMILES string of the molecule is CCOC(=O)[C@@H]1CC(O[Si](C)(C)C)=C(O[Si](C)(C)C)C[C@H]1C(=O)OCC. The molecular formula is C18H34O6Si2. The third-order valence-corrected chi connectivity index (χ3v) is 5.36. The van der Waals surface area contributed by atoms with Crippen molar-refractivity contribution in [3.8, 4) is 0 Å². The number of rotatable bonds is 8. The Bertz CT molecular complexity index is 497. The van der Waals surface area contributed by atoms with Crippen LogP contribution in [0.2, 0.25) is 39.3 Å². The largest absolute Gasteiger partial charge is 0.545 e. The maximum Gasteiger partial charge on any atom is 0.310 e. The second-order valence-corrected chi connectivity index (χ2v) is 17.3. The molecule has 1 aliphatic rings. The molecule has 2 atom stereocenters. The fourth-order valence-corrected chi connectivity index (χ4v) is 4.71. The van der Waals surface area contributed by atoms with Gasteiger partial charge in [-0.25, -0.2) is 0 Å². The summed E-state index contributed by atoms with van der Waals surface area (Å²) in [6, 6.07) is 0. The number of allylic oxidation sites excluding steroid dienone is 2. The van der Waals surface area contributed by atoms with Crippen molar-refractivity contribution in [3.63, 3.8) is 0 Å². The Balaban J connectivity index is 3.27. The van der Waals surface area contributed by atoms with Crippen LogP contribution in [0.15, 0.2) is 11.5 Å². The van der Waals surface area contributed by atoms with Gasteiger partial charge in [0.25, 0.3) is 0 Å². The number of hydrogen-bond acceptors (Lipinski definition) is 6. The number of esters is 2. The molecule has 8 heteroatoms. The zero-order chi connectivity index (χ0) is 20.1. The molecule has 1 rings (SSSR count). The Labute approximate surface area is 159 Å². The van der Waals surface area contributed by atoms with E-state index < -0.39 is 28.5 Å². The predicted molar refractivity (Wildman–Crippen MR) is 105 cm³/mol. The Morgan fingerprint density at radius 2 is 1.08 bits per heavy atom. The van der Waals surface area contributed by atoms with Crippen molar-refractivity contribution in [2.45, 2.75) is 66.0 Å². The summed E-state index contributed by atoms with van der Waals surface area (Å²) < 4.78 is 22.9. The fourth-order valence-electron chi connectivity index (χ4n) is 2.84. The van der Waals surface area contributed by atoms with E-state index in [2.05, 4.69) is 39.3 Å². The molecule has 0 saturated heterocycles. The summed E-state index contributed by atoms with van der Waals surface area (Å²) in [5.41, 5.74) is 0. The molecule has 0 spiro atoms. The first-order valence-corrected chi connectivity index (χ1v) is 16.1. The van der Waals surface area contributed by atoms with E-state index in [9.17, 15) is 9.59 Å². The molecule has 0 aliphatic heterocycles. The molecule has 0 aromatic rings. The molecule has 1 aliphatic carbocycles. The summed E-state index contributed by atoms with van der Waals surface area (Å²) in [7, 11) is -3.80. The summed E-state index contributed by atoms with van der Waals surface area (Å²) in [5, 5.41) is 0. The van der Waals surface area contributed by atoms with E-state index in [1.54, 1.807) is 13.8 Å². The first kappa shape index (κ1) is 22.8. The first-order chi connectivity index (χ1) is 11.9. The van der Waals surface area contributed by atoms with Gasteiger partial charge in [0.15, 0.2) is 0 Å². The standard InChI is InChI=1S/C18H34O6Si2/c1-9-21-17(19)13-11-15(23-25(3,4)5)16(24-26(6,7)8)12-14(13)18(20)22-10-2/h13-14H,9-12H2,1-8H3/t13-,14-/m1/s1. The van der Waals surface area contributed by atoms with Gasteiger partial charge in [-0.2, -0.15) is 0 Å². The molecule has 150 valence electrons. The van der Waals surface area contributed by atoms with E-state index in [1.165, 1.54) is 0 Å². The van der Waals surface area contributed by atoms with E-state index >= 15 is 0 Å². The maximum atomic E-state index is 12.5. The van der Waals surface area contributed by atoms with Gasteiger partial charge in [0, 0.05) is 12.8 Å². The second-order valence-electron chi connectivity index (χ2n) is 8.40. The molecule has 0 bridgehead atoms. The van der Waals surface area contributed by atoms with Crippen LogP contribution >= 0.6 is 0 Å². The summed E-state index contributed by atoms with van der Waals surface area (Å²) in [4.78, 5) is 25.0. The highest BCUT2D eigenvalue weighted by Crippen LogP contribution is 2.39. The zero-order valence-corrected chi connectivity index (χ0v) is 19.4. The van der Waals surface area contributed by atoms with Crippen molar-refractivity contribution in [1.29, 1.82) is 0 Å². The van der Waals surface area contributed by atoms with Crippen molar-refractivity contribution in [1.82, 2.24) is 0 Å². The van der Waals surface area contributed by atoms with Crippen LogP contribution in [0.1, 0.15) is 26.7 Å². The molecule has 0 N–H and O–H groups in total. The molecule has 0 amide bonds. The maximum absolute atomic E-state index is 12.5. The van der Waals surface area contributed by atoms with Gasteiger partial charge in [-0.3, -0.25) is 9.59 Å². The summed E-state index contributed by atoms with van der Waals surface area (Å²) in [6.07, 6.45) is 0.624. The third-order valence-electron chi connectivity index (χ3n) is 3.64. The van der Waals surface area contributed by atoms with Crippen LogP contribution in [0.3, 0.4) is 0 Å². The quantitative estimate of drug-likeness (QED) is 0.450. The van der Waals surface area contributed by atoms with Crippen molar-refractivity contribution in [2.75, 3.05) is 13.2 Å². The van der Waals surface area contributed by atoms with E-state index in [1.807, 2.05) is 0 Å². The Hall–Kier alpha value is -1.29. The molecule has 26 heavy (non-hydrogen) atoms. The molecule has 0 radical (unpaired) electrons. The monoisotopic (exact) mass is 402 g/mol. The van der Waals surface area contributed by atoms with Crippen molar-refractivity contribution < 1.29 is 27.9 Å². The highest BCUT2D eigenvalue weighted by molar-refractivity contribution is 6.70. The van der Waals surface area contributed by atoms with Crippen LogP contribution in [0.25, 0.3) is 0 Å². The number of hydrogen-bond donors (Lipinski definition) is 0. The van der Waals surface area contributed by atoms with Gasteiger partial charge in [-0.05, 0) is 53.1 Å². The lowest BCUT2D eigenvalue weighted by Gasteiger charge is -2.36. The van der Waals surface area contributed by atoms with Crippen LogP contribution in [-0.4, -0.2) is 41.8 Å². The Morgan fingerprint density at radius 1 is 0.769 bits per heavy atom. The summed E-state index contributed by atoms with van der Waals surface area (Å²) in [5.74, 6) is -0.567. The zero-order valence-electron chi connectivity index (χ0n) is 17.4. The van der Waals surface area contributed by atoms with E-state index in [0.29, 0.717) is 24.4 Å². The van der Waals surface area contributed by atoms with Crippen molar-refractivity contribution in [2.24, 2.45) is 11.8 Å². The minimum absolute atomic E-state index is 0.275. The van der Waals surface area contributed by atoms with Crippen LogP contribution < -0.4 is 0 Å². The van der Waals surface area contributed by atoms with E-state index in [0.717, 1.165) is 0 Å². The third kappa shape index (κ3) is 7.15. The molecular weight excluding hydrogens is 368 g/mol. The van der Waals surface area contributed by atoms with Crippen LogP contribution in [0, 0.1) is 11.8 Å². The van der Waals surface area contributed by atoms with Gasteiger partial charge >= 0.3 is 11.9 Å². The molecule has 0 aromatic carbocycles. The molecule has 0 unspecified atom stereocenters. The smallest absolute Gasteiger partial charge is 0.310 e. The Morgan fingerprint density at radius 3 is 1.31 bits per heavy atom. The molecule has 6 nitrogen and oxygen atoms in total. The Kier molecular flexibility index (Phi) is 7.94. The summed E-state index contributed by atoms with van der Waals surface area (Å²) in [6.45, 7) is 16.6. The van der Waals surface area contributed by atoms with Gasteiger partial charge in [-0.15, -0.1) is 0 Å². The van der Waals surface area contributed by atoms with Crippen LogP contribution in [0.4, 0.5) is 0 Å². The lowest BCUT2D eigenvalue weighted by Crippen LogP contribution is -2.40. The van der Waals surface area contributed by atoms with Crippen LogP contribution in [-0.2, 0) is 27.9 Å². The number of carbonyl (C=O) groups excluding carboxylic acids is 2. The van der Waals surface area contributed by atoms with Crippen molar-refractivity contribution >= 4 is 28.6 Å². The highest BCUT2D eigenvalue weighted by atomic mass is 28.4. The predicted octanol–water partition coefficient (Wildman–Crippen LogP) is 4.05. The minimum atomic E-state index is -1.90. The fraction of sp³-hybridized carbons (Fsp3) is 0.778. The van der Waals surface area contributed by atoms with Gasteiger partial charge in [0.05, 0.1) is 25.0 Å².